The summed E-state index contributed by atoms with van der Waals surface area (Å²) >= 11 is 16.8. The van der Waals surface area contributed by atoms with Crippen molar-refractivity contribution in [3.63, 3.8) is 0 Å². The Morgan fingerprint density at radius 3 is 2.54 bits per heavy atom. The van der Waals surface area contributed by atoms with Gasteiger partial charge in [0.25, 0.3) is 0 Å². The maximum Gasteiger partial charge on any atom is 0.133 e. The predicted octanol–water partition coefficient (Wildman–Crippen LogP) is 3.05. The van der Waals surface area contributed by atoms with Crippen LogP contribution in [0.2, 0.25) is 5.02 Å². The largest absolute Gasteiger partial charge is 0.390 e. The summed E-state index contributed by atoms with van der Waals surface area (Å²) < 4.78 is 0. The van der Waals surface area contributed by atoms with Gasteiger partial charge in [-0.3, -0.25) is 0 Å². The molecule has 1 nitrogen and oxygen atoms in total. The van der Waals surface area contributed by atoms with Gasteiger partial charge in [0.2, 0.25) is 0 Å². The highest BCUT2D eigenvalue weighted by molar-refractivity contribution is 6.44. The Balaban J connectivity index is 2.64. The molecule has 1 atom stereocenters. The van der Waals surface area contributed by atoms with Gasteiger partial charge in [-0.1, -0.05) is 23.7 Å². The lowest BCUT2D eigenvalue weighted by Gasteiger charge is -2.10. The second kappa shape index (κ2) is 5.06. The van der Waals surface area contributed by atoms with E-state index < -0.39 is 10.9 Å². The predicted molar refractivity (Wildman–Crippen MR) is 56.7 cm³/mol. The SMILES string of the molecule is OC(Cc1cccc(Cl)c1)C(Cl)Cl. The quantitative estimate of drug-likeness (QED) is 0.804. The van der Waals surface area contributed by atoms with E-state index >= 15 is 0 Å². The first kappa shape index (κ1) is 11.1. The Morgan fingerprint density at radius 1 is 1.31 bits per heavy atom. The van der Waals surface area contributed by atoms with E-state index in [9.17, 15) is 5.11 Å². The molecule has 1 unspecified atom stereocenters. The lowest BCUT2D eigenvalue weighted by atomic mass is 10.1. The molecule has 0 spiro atoms. The molecule has 0 aromatic heterocycles. The van der Waals surface area contributed by atoms with Gasteiger partial charge in [0.05, 0.1) is 6.10 Å². The first-order valence-electron chi connectivity index (χ1n) is 3.80. The number of aliphatic hydroxyl groups excluding tert-OH is 1. The minimum absolute atomic E-state index is 0.415. The summed E-state index contributed by atoms with van der Waals surface area (Å²) in [5.74, 6) is 0. The van der Waals surface area contributed by atoms with Crippen molar-refractivity contribution in [2.45, 2.75) is 17.4 Å². The van der Waals surface area contributed by atoms with Gasteiger partial charge in [0.15, 0.2) is 0 Å². The summed E-state index contributed by atoms with van der Waals surface area (Å²) in [5.41, 5.74) is 0.923. The fraction of sp³-hybridized carbons (Fsp3) is 0.333. The lowest BCUT2D eigenvalue weighted by Crippen LogP contribution is -2.18. The standard InChI is InChI=1S/C9H9Cl3O/c10-7-3-1-2-6(4-7)5-8(13)9(11)12/h1-4,8-9,13H,5H2. The van der Waals surface area contributed by atoms with Crippen LogP contribution < -0.4 is 0 Å². The molecule has 1 N–H and O–H groups in total. The van der Waals surface area contributed by atoms with Crippen LogP contribution in [0.3, 0.4) is 0 Å². The van der Waals surface area contributed by atoms with Crippen molar-refractivity contribution in [2.24, 2.45) is 0 Å². The second-order valence-corrected chi connectivity index (χ2v) is 4.34. The minimum atomic E-state index is -0.765. The van der Waals surface area contributed by atoms with Crippen LogP contribution in [0.1, 0.15) is 5.56 Å². The average Bonchev–Trinajstić information content (AvgIpc) is 2.04. The summed E-state index contributed by atoms with van der Waals surface area (Å²) in [6.07, 6.45) is -0.333. The monoisotopic (exact) mass is 238 g/mol. The molecule has 1 aromatic rings. The van der Waals surface area contributed by atoms with Crippen molar-refractivity contribution >= 4 is 34.8 Å². The molecule has 72 valence electrons. The van der Waals surface area contributed by atoms with Crippen LogP contribution in [0.15, 0.2) is 24.3 Å². The maximum absolute atomic E-state index is 9.36. The molecule has 0 aliphatic carbocycles. The number of hydrogen-bond acceptors (Lipinski definition) is 1. The molecule has 1 rings (SSSR count). The zero-order valence-corrected chi connectivity index (χ0v) is 9.02. The van der Waals surface area contributed by atoms with Gasteiger partial charge in [0, 0.05) is 11.4 Å². The van der Waals surface area contributed by atoms with Gasteiger partial charge in [-0.2, -0.15) is 0 Å². The van der Waals surface area contributed by atoms with Gasteiger partial charge in [0.1, 0.15) is 4.84 Å². The molecular weight excluding hydrogens is 230 g/mol. The first-order chi connectivity index (χ1) is 6.09. The van der Waals surface area contributed by atoms with E-state index in [4.69, 9.17) is 34.8 Å². The fourth-order valence-corrected chi connectivity index (χ4v) is 1.39. The van der Waals surface area contributed by atoms with Gasteiger partial charge < -0.3 is 5.11 Å². The molecule has 0 saturated heterocycles. The number of rotatable bonds is 3. The molecule has 0 bridgehead atoms. The molecule has 0 fully saturated rings. The molecule has 0 saturated carbocycles. The van der Waals surface area contributed by atoms with Crippen LogP contribution in [0.5, 0.6) is 0 Å². The molecular formula is C9H9Cl3O. The summed E-state index contributed by atoms with van der Waals surface area (Å²) in [4.78, 5) is -0.765. The van der Waals surface area contributed by atoms with Gasteiger partial charge >= 0.3 is 0 Å². The zero-order chi connectivity index (χ0) is 9.84. The normalized spacial score (nSPS) is 13.3. The number of benzene rings is 1. The Labute approximate surface area is 92.2 Å². The topological polar surface area (TPSA) is 20.2 Å². The third kappa shape index (κ3) is 3.74. The van der Waals surface area contributed by atoms with Crippen LogP contribution in [-0.4, -0.2) is 16.0 Å². The van der Waals surface area contributed by atoms with E-state index in [1.54, 1.807) is 12.1 Å². The summed E-state index contributed by atoms with van der Waals surface area (Å²) in [7, 11) is 0. The smallest absolute Gasteiger partial charge is 0.133 e. The first-order valence-corrected chi connectivity index (χ1v) is 5.05. The Hall–Kier alpha value is 0.0500. The van der Waals surface area contributed by atoms with E-state index in [1.807, 2.05) is 12.1 Å². The van der Waals surface area contributed by atoms with Crippen LogP contribution in [-0.2, 0) is 6.42 Å². The Morgan fingerprint density at radius 2 is 2.00 bits per heavy atom. The molecule has 1 aromatic carbocycles. The average molecular weight is 240 g/mol. The van der Waals surface area contributed by atoms with Crippen molar-refractivity contribution < 1.29 is 5.11 Å². The third-order valence-electron chi connectivity index (χ3n) is 1.62. The van der Waals surface area contributed by atoms with E-state index in [2.05, 4.69) is 0 Å². The summed E-state index contributed by atoms with van der Waals surface area (Å²) in [5, 5.41) is 10.0. The molecule has 0 radical (unpaired) electrons. The van der Waals surface area contributed by atoms with E-state index in [1.165, 1.54) is 0 Å². The number of halogens is 3. The highest BCUT2D eigenvalue weighted by atomic mass is 35.5. The highest BCUT2D eigenvalue weighted by Gasteiger charge is 2.13. The lowest BCUT2D eigenvalue weighted by molar-refractivity contribution is 0.189. The molecule has 13 heavy (non-hydrogen) atoms. The molecule has 0 amide bonds. The second-order valence-electron chi connectivity index (χ2n) is 2.74. The van der Waals surface area contributed by atoms with Crippen molar-refractivity contribution in [2.75, 3.05) is 0 Å². The van der Waals surface area contributed by atoms with Crippen molar-refractivity contribution in [3.05, 3.63) is 34.9 Å². The zero-order valence-electron chi connectivity index (χ0n) is 6.75. The van der Waals surface area contributed by atoms with Gasteiger partial charge in [-0.25, -0.2) is 0 Å². The maximum atomic E-state index is 9.36. The van der Waals surface area contributed by atoms with Crippen LogP contribution in [0.4, 0.5) is 0 Å². The van der Waals surface area contributed by atoms with Crippen LogP contribution in [0, 0.1) is 0 Å². The number of hydrogen-bond donors (Lipinski definition) is 1. The van der Waals surface area contributed by atoms with Crippen molar-refractivity contribution in [1.29, 1.82) is 0 Å². The fourth-order valence-electron chi connectivity index (χ4n) is 0.995. The molecule has 0 heterocycles. The van der Waals surface area contributed by atoms with E-state index in [0.29, 0.717) is 11.4 Å². The van der Waals surface area contributed by atoms with Gasteiger partial charge in [-0.15, -0.1) is 23.2 Å². The molecule has 0 aliphatic rings. The Kier molecular flexibility index (Phi) is 4.33. The number of alkyl halides is 2. The van der Waals surface area contributed by atoms with Crippen molar-refractivity contribution in [3.8, 4) is 0 Å². The minimum Gasteiger partial charge on any atom is -0.390 e. The summed E-state index contributed by atoms with van der Waals surface area (Å²) in [6.45, 7) is 0. The molecule has 0 aliphatic heterocycles. The third-order valence-corrected chi connectivity index (χ3v) is 2.44. The van der Waals surface area contributed by atoms with Crippen LogP contribution in [0.25, 0.3) is 0 Å². The number of aliphatic hydroxyl groups is 1. The Bertz CT molecular complexity index is 275. The molecule has 4 heteroatoms. The van der Waals surface area contributed by atoms with Gasteiger partial charge in [-0.05, 0) is 17.7 Å². The van der Waals surface area contributed by atoms with E-state index in [-0.39, 0.29) is 0 Å². The highest BCUT2D eigenvalue weighted by Crippen LogP contribution is 2.16. The van der Waals surface area contributed by atoms with Crippen molar-refractivity contribution in [1.82, 2.24) is 0 Å². The van der Waals surface area contributed by atoms with E-state index in [0.717, 1.165) is 5.56 Å². The summed E-state index contributed by atoms with van der Waals surface area (Å²) in [6, 6.07) is 7.24. The van der Waals surface area contributed by atoms with Crippen LogP contribution >= 0.6 is 34.8 Å².